The van der Waals surface area contributed by atoms with Crippen LogP contribution in [0.3, 0.4) is 0 Å². The largest absolute Gasteiger partial charge is 0.442 e. The minimum atomic E-state index is -0.514. The number of carbonyl (C=O) groups is 2. The monoisotopic (exact) mass is 574 g/mol. The maximum atomic E-state index is 12.6. The summed E-state index contributed by atoms with van der Waals surface area (Å²) in [5.41, 5.74) is 0.963. The van der Waals surface area contributed by atoms with E-state index in [1.165, 1.54) is 6.08 Å². The second-order valence-electron chi connectivity index (χ2n) is 13.3. The molecule has 0 aromatic carbocycles. The van der Waals surface area contributed by atoms with Crippen LogP contribution in [0.2, 0.25) is 0 Å². The fraction of sp³-hybridized carbons (Fsp3) is 0.750. The average Bonchev–Trinajstić information content (AvgIpc) is 3.69. The molecule has 230 valence electrons. The number of hydrogen-bond acceptors (Lipinski definition) is 7. The molecule has 1 saturated carbocycles. The van der Waals surface area contributed by atoms with Crippen molar-refractivity contribution in [1.82, 2.24) is 10.2 Å². The molecule has 3 saturated heterocycles. The van der Waals surface area contributed by atoms with E-state index >= 15 is 0 Å². The van der Waals surface area contributed by atoms with E-state index in [1.54, 1.807) is 17.9 Å². The van der Waals surface area contributed by atoms with Crippen molar-refractivity contribution in [2.45, 2.75) is 103 Å². The second-order valence-corrected chi connectivity index (χ2v) is 13.3. The molecule has 1 aliphatic carbocycles. The summed E-state index contributed by atoms with van der Waals surface area (Å²) in [7, 11) is 0. The van der Waals surface area contributed by atoms with Gasteiger partial charge in [0.2, 0.25) is 5.91 Å². The van der Waals surface area contributed by atoms with Crippen LogP contribution in [0.25, 0.3) is 0 Å². The Kier molecular flexibility index (Phi) is 10.4. The first-order chi connectivity index (χ1) is 19.4. The molecule has 4 rings (SSSR count). The first-order valence-corrected chi connectivity index (χ1v) is 15.2. The van der Waals surface area contributed by atoms with Crippen molar-refractivity contribution in [1.29, 1.82) is 0 Å². The van der Waals surface area contributed by atoms with Crippen LogP contribution in [0.1, 0.15) is 67.2 Å². The number of aliphatic hydroxyl groups excluding tert-OH is 1. The molecule has 0 aromatic heterocycles. The number of nitrogens with one attached hydrogen (secondary N) is 1. The van der Waals surface area contributed by atoms with Gasteiger partial charge in [-0.15, -0.1) is 0 Å². The van der Waals surface area contributed by atoms with Gasteiger partial charge in [-0.3, -0.25) is 4.79 Å². The van der Waals surface area contributed by atoms with Crippen molar-refractivity contribution in [3.63, 3.8) is 0 Å². The number of carbonyl (C=O) groups excluding carboxylic acids is 2. The lowest BCUT2D eigenvalue weighted by Gasteiger charge is -2.41. The Hall–Kier alpha value is -2.20. The van der Waals surface area contributed by atoms with Crippen molar-refractivity contribution < 1.29 is 33.6 Å². The zero-order valence-corrected chi connectivity index (χ0v) is 25.6. The van der Waals surface area contributed by atoms with E-state index in [0.29, 0.717) is 32.9 Å². The number of nitrogens with zero attached hydrogens (tertiary/aromatic N) is 1. The molecule has 0 unspecified atom stereocenters. The second kappa shape index (κ2) is 13.4. The van der Waals surface area contributed by atoms with Crippen LogP contribution in [0.4, 0.5) is 4.79 Å². The zero-order chi connectivity index (χ0) is 29.8. The normalized spacial score (nSPS) is 36.5. The van der Waals surface area contributed by atoms with Crippen molar-refractivity contribution in [2.24, 2.45) is 17.3 Å². The van der Waals surface area contributed by atoms with Gasteiger partial charge in [0.25, 0.3) is 0 Å². The number of ether oxygens (including phenoxy) is 4. The van der Waals surface area contributed by atoms with E-state index in [0.717, 1.165) is 31.3 Å². The van der Waals surface area contributed by atoms with Crippen molar-refractivity contribution >= 4 is 12.0 Å². The molecule has 4 fully saturated rings. The highest BCUT2D eigenvalue weighted by Gasteiger charge is 2.59. The highest BCUT2D eigenvalue weighted by Crippen LogP contribution is 2.52. The summed E-state index contributed by atoms with van der Waals surface area (Å²) in [6.07, 6.45) is 11.6. The average molecular weight is 575 g/mol. The molecule has 8 atom stereocenters. The zero-order valence-electron chi connectivity index (χ0n) is 25.6. The number of epoxide rings is 1. The van der Waals surface area contributed by atoms with Crippen LogP contribution in [-0.4, -0.2) is 91.0 Å². The first kappa shape index (κ1) is 31.7. The number of rotatable bonds is 8. The van der Waals surface area contributed by atoms with E-state index in [-0.39, 0.29) is 47.0 Å². The third-order valence-electron chi connectivity index (χ3n) is 8.92. The fourth-order valence-corrected chi connectivity index (χ4v) is 6.50. The Labute approximate surface area is 245 Å². The topological polar surface area (TPSA) is 110 Å². The first-order valence-electron chi connectivity index (χ1n) is 15.2. The van der Waals surface area contributed by atoms with Crippen molar-refractivity contribution in [3.8, 4) is 0 Å². The van der Waals surface area contributed by atoms with Crippen LogP contribution in [0.15, 0.2) is 36.0 Å². The molecule has 9 heteroatoms. The third kappa shape index (κ3) is 8.66. The lowest BCUT2D eigenvalue weighted by Crippen LogP contribution is -2.50. The van der Waals surface area contributed by atoms with Crippen LogP contribution in [0, 0.1) is 17.3 Å². The molecule has 3 heterocycles. The summed E-state index contributed by atoms with van der Waals surface area (Å²) in [4.78, 5) is 26.4. The van der Waals surface area contributed by atoms with Gasteiger partial charge in [-0.2, -0.15) is 0 Å². The van der Waals surface area contributed by atoms with E-state index in [1.807, 2.05) is 6.92 Å². The van der Waals surface area contributed by atoms with Crippen molar-refractivity contribution in [2.75, 3.05) is 32.9 Å². The highest BCUT2D eigenvalue weighted by atomic mass is 16.6. The summed E-state index contributed by atoms with van der Waals surface area (Å²) >= 11 is 0. The van der Waals surface area contributed by atoms with E-state index in [2.05, 4.69) is 51.2 Å². The predicted molar refractivity (Wildman–Crippen MR) is 156 cm³/mol. The number of amides is 2. The van der Waals surface area contributed by atoms with Gasteiger partial charge in [-0.25, -0.2) is 4.79 Å². The van der Waals surface area contributed by atoms with Gasteiger partial charge in [0, 0.05) is 25.1 Å². The smallest absolute Gasteiger partial charge is 0.410 e. The van der Waals surface area contributed by atoms with Gasteiger partial charge in [-0.05, 0) is 63.9 Å². The summed E-state index contributed by atoms with van der Waals surface area (Å²) in [5.74, 6) is 0.139. The molecule has 3 aliphatic heterocycles. The summed E-state index contributed by atoms with van der Waals surface area (Å²) < 4.78 is 22.7. The lowest BCUT2D eigenvalue weighted by atomic mass is 9.65. The minimum absolute atomic E-state index is 0.0685. The van der Waals surface area contributed by atoms with Crippen LogP contribution < -0.4 is 5.32 Å². The maximum Gasteiger partial charge on any atom is 0.410 e. The molecule has 0 radical (unpaired) electrons. The molecule has 1 spiro atoms. The van der Waals surface area contributed by atoms with Crippen LogP contribution in [0.5, 0.6) is 0 Å². The Morgan fingerprint density at radius 1 is 1.20 bits per heavy atom. The van der Waals surface area contributed by atoms with Gasteiger partial charge < -0.3 is 34.3 Å². The maximum absolute atomic E-state index is 12.6. The molecular weight excluding hydrogens is 524 g/mol. The van der Waals surface area contributed by atoms with Gasteiger partial charge in [0.15, 0.2) is 0 Å². The highest BCUT2D eigenvalue weighted by molar-refractivity contribution is 5.87. The summed E-state index contributed by atoms with van der Waals surface area (Å²) in [5, 5.41) is 13.9. The number of allylic oxidation sites excluding steroid dienone is 2. The molecule has 4 aliphatic rings. The molecule has 41 heavy (non-hydrogen) atoms. The number of hydrogen-bond donors (Lipinski definition) is 2. The molecule has 9 nitrogen and oxygen atoms in total. The van der Waals surface area contributed by atoms with E-state index in [9.17, 15) is 14.7 Å². The summed E-state index contributed by atoms with van der Waals surface area (Å²) in [6, 6.07) is -0.0947. The minimum Gasteiger partial charge on any atom is -0.442 e. The lowest BCUT2D eigenvalue weighted by molar-refractivity contribution is -0.123. The van der Waals surface area contributed by atoms with Crippen molar-refractivity contribution in [3.05, 3.63) is 36.0 Å². The molecule has 2 amide bonds. The van der Waals surface area contributed by atoms with Gasteiger partial charge >= 0.3 is 6.09 Å². The van der Waals surface area contributed by atoms with E-state index < -0.39 is 18.3 Å². The SMILES string of the molecule is CC(/C=C/[C@H]1CC(C)(C)C[C@@]2(CO2)[C@@H]1O)=C\C[C@@H]1O[C@H](C)[C@H](NC(=O)/C=C\[C@H](C)OC(=O)N2CCOCC2)C[C@@H]1C. The Morgan fingerprint density at radius 2 is 1.90 bits per heavy atom. The molecular formula is C32H50N2O7. The molecule has 2 N–H and O–H groups in total. The third-order valence-corrected chi connectivity index (χ3v) is 8.92. The number of aliphatic hydroxyl groups is 1. The molecule has 0 aromatic rings. The summed E-state index contributed by atoms with van der Waals surface area (Å²) in [6.45, 7) is 15.2. The Morgan fingerprint density at radius 3 is 2.59 bits per heavy atom. The Balaban J connectivity index is 1.21. The van der Waals surface area contributed by atoms with E-state index in [4.69, 9.17) is 18.9 Å². The van der Waals surface area contributed by atoms with Crippen LogP contribution in [-0.2, 0) is 23.7 Å². The fourth-order valence-electron chi connectivity index (χ4n) is 6.50. The number of morpholine rings is 1. The predicted octanol–water partition coefficient (Wildman–Crippen LogP) is 4.16. The van der Waals surface area contributed by atoms with Gasteiger partial charge in [0.1, 0.15) is 11.7 Å². The van der Waals surface area contributed by atoms with Gasteiger partial charge in [-0.1, -0.05) is 44.6 Å². The quantitative estimate of drug-likeness (QED) is 0.255. The Bertz CT molecular complexity index is 1010. The van der Waals surface area contributed by atoms with Crippen LogP contribution >= 0.6 is 0 Å². The van der Waals surface area contributed by atoms with Gasteiger partial charge in [0.05, 0.1) is 44.2 Å². The molecule has 0 bridgehead atoms. The standard InChI is InChI=1S/C32H50N2O7/c1-21(7-10-25-18-31(5,6)19-32(20-39-32)29(25)36)8-11-27-22(2)17-26(24(4)41-27)33-28(35)12-9-23(3)40-30(37)34-13-15-38-16-14-34/h7-10,12,22-27,29,36H,11,13-20H2,1-6H3,(H,33,35)/b10-7+,12-9-,21-8+/t22-,23-,24+,25-,26+,27-,29+,32+/m0/s1.